The lowest BCUT2D eigenvalue weighted by Gasteiger charge is -2.22. The molecule has 0 aliphatic heterocycles. The van der Waals surface area contributed by atoms with Crippen LogP contribution in [0.5, 0.6) is 11.5 Å². The van der Waals surface area contributed by atoms with Crippen LogP contribution in [0.4, 0.5) is 0 Å². The van der Waals surface area contributed by atoms with Crippen molar-refractivity contribution >= 4 is 15.9 Å². The molecule has 0 radical (unpaired) electrons. The molecule has 0 atom stereocenters. The number of quaternary nitrogens is 1. The maximum Gasteiger partial charge on any atom is 0.258 e. The molecule has 1 saturated carbocycles. The summed E-state index contributed by atoms with van der Waals surface area (Å²) in [5, 5.41) is 10.3. The number of hydrogen-bond donors (Lipinski definition) is 3. The molecule has 33 heavy (non-hydrogen) atoms. The van der Waals surface area contributed by atoms with E-state index in [1.807, 2.05) is 18.2 Å². The molecule has 1 aliphatic carbocycles. The lowest BCUT2D eigenvalue weighted by molar-refractivity contribution is -0.670. The molecule has 2 aromatic rings. The number of primary sulfonamides is 1. The van der Waals surface area contributed by atoms with Crippen LogP contribution in [0, 0.1) is 0 Å². The highest BCUT2D eigenvalue weighted by Gasteiger charge is 2.16. The van der Waals surface area contributed by atoms with Gasteiger partial charge in [-0.25, -0.2) is 13.6 Å². The second kappa shape index (κ2) is 12.0. The van der Waals surface area contributed by atoms with Crippen molar-refractivity contribution in [2.24, 2.45) is 5.14 Å². The molecular weight excluding hydrogens is 442 g/mol. The summed E-state index contributed by atoms with van der Waals surface area (Å²) in [7, 11) is -2.07. The van der Waals surface area contributed by atoms with Crippen molar-refractivity contribution in [1.29, 1.82) is 0 Å². The standard InChI is InChI=1S/C24H33N3O5S/c1-31-23-15-19(16-26-14-13-18-7-10-21(11-8-18)33(25,29)30)9-12-22(23)32-17-24(28)27-20-5-3-2-4-6-20/h7-12,15,20,26H,2-6,13-14,16-17H2,1H3,(H,27,28)(H2,25,29,30)/p+1. The average Bonchev–Trinajstić information content (AvgIpc) is 2.81. The van der Waals surface area contributed by atoms with Crippen LogP contribution in [-0.2, 0) is 27.8 Å². The number of amides is 1. The number of methoxy groups -OCH3 is 1. The van der Waals surface area contributed by atoms with E-state index in [9.17, 15) is 13.2 Å². The van der Waals surface area contributed by atoms with Crippen LogP contribution in [0.25, 0.3) is 0 Å². The Morgan fingerprint density at radius 3 is 2.42 bits per heavy atom. The van der Waals surface area contributed by atoms with Crippen LogP contribution < -0.4 is 25.2 Å². The number of nitrogens with one attached hydrogen (secondary N) is 1. The van der Waals surface area contributed by atoms with Gasteiger partial charge in [0.2, 0.25) is 10.0 Å². The first-order valence-electron chi connectivity index (χ1n) is 11.4. The maximum atomic E-state index is 12.2. The molecule has 180 valence electrons. The number of nitrogens with two attached hydrogens (primary N) is 2. The van der Waals surface area contributed by atoms with Crippen LogP contribution in [0.2, 0.25) is 0 Å². The molecule has 1 fully saturated rings. The summed E-state index contributed by atoms with van der Waals surface area (Å²) in [6, 6.07) is 12.6. The van der Waals surface area contributed by atoms with Gasteiger partial charge in [-0.05, 0) is 48.7 Å². The van der Waals surface area contributed by atoms with E-state index in [0.717, 1.165) is 43.5 Å². The first kappa shape index (κ1) is 25.0. The second-order valence-corrected chi connectivity index (χ2v) is 9.96. The third-order valence-corrected chi connectivity index (χ3v) is 6.76. The van der Waals surface area contributed by atoms with E-state index < -0.39 is 10.0 Å². The van der Waals surface area contributed by atoms with Crippen molar-refractivity contribution in [2.45, 2.75) is 56.0 Å². The van der Waals surface area contributed by atoms with Crippen molar-refractivity contribution < 1.29 is 28.0 Å². The Morgan fingerprint density at radius 2 is 1.76 bits per heavy atom. The topological polar surface area (TPSA) is 124 Å². The van der Waals surface area contributed by atoms with Gasteiger partial charge >= 0.3 is 0 Å². The van der Waals surface area contributed by atoms with Crippen LogP contribution in [-0.4, -0.2) is 40.6 Å². The van der Waals surface area contributed by atoms with E-state index in [2.05, 4.69) is 10.6 Å². The van der Waals surface area contributed by atoms with Crippen LogP contribution >= 0.6 is 0 Å². The SMILES string of the molecule is COc1cc(C[NH2+]CCc2ccc(S(N)(=O)=O)cc2)ccc1OCC(=O)NC1CCCCC1. The van der Waals surface area contributed by atoms with Gasteiger partial charge in [0.15, 0.2) is 18.1 Å². The van der Waals surface area contributed by atoms with Crippen LogP contribution in [0.1, 0.15) is 43.2 Å². The minimum Gasteiger partial charge on any atom is -0.493 e. The zero-order valence-corrected chi connectivity index (χ0v) is 19.9. The van der Waals surface area contributed by atoms with Gasteiger partial charge in [-0.2, -0.15) is 0 Å². The van der Waals surface area contributed by atoms with E-state index in [1.54, 1.807) is 19.2 Å². The summed E-state index contributed by atoms with van der Waals surface area (Å²) in [6.45, 7) is 1.58. The van der Waals surface area contributed by atoms with Crippen LogP contribution in [0.15, 0.2) is 47.4 Å². The highest BCUT2D eigenvalue weighted by molar-refractivity contribution is 7.89. The molecule has 0 bridgehead atoms. The highest BCUT2D eigenvalue weighted by Crippen LogP contribution is 2.28. The zero-order chi connectivity index (χ0) is 23.7. The Hall–Kier alpha value is -2.62. The fourth-order valence-corrected chi connectivity index (χ4v) is 4.52. The summed E-state index contributed by atoms with van der Waals surface area (Å²) in [4.78, 5) is 12.3. The third-order valence-electron chi connectivity index (χ3n) is 5.83. The van der Waals surface area contributed by atoms with Crippen LogP contribution in [0.3, 0.4) is 0 Å². The van der Waals surface area contributed by atoms with Gasteiger partial charge in [0.1, 0.15) is 6.54 Å². The normalized spacial score (nSPS) is 14.6. The minimum absolute atomic E-state index is 0.0252. The van der Waals surface area contributed by atoms with Gasteiger partial charge in [0, 0.05) is 18.0 Å². The lowest BCUT2D eigenvalue weighted by atomic mass is 9.95. The Labute approximate surface area is 195 Å². The molecule has 8 nitrogen and oxygen atoms in total. The average molecular weight is 477 g/mol. The van der Waals surface area contributed by atoms with Crippen molar-refractivity contribution in [3.63, 3.8) is 0 Å². The summed E-state index contributed by atoms with van der Waals surface area (Å²) in [5.74, 6) is 1.05. The van der Waals surface area contributed by atoms with E-state index in [1.165, 1.54) is 31.4 Å². The molecule has 0 unspecified atom stereocenters. The summed E-state index contributed by atoms with van der Waals surface area (Å²) in [6.07, 6.45) is 6.48. The molecule has 5 N–H and O–H groups in total. The van der Waals surface area contributed by atoms with E-state index >= 15 is 0 Å². The first-order chi connectivity index (χ1) is 15.8. The quantitative estimate of drug-likeness (QED) is 0.424. The van der Waals surface area contributed by atoms with Gasteiger partial charge < -0.3 is 20.1 Å². The molecular formula is C24H34N3O5S+. The van der Waals surface area contributed by atoms with E-state index in [0.29, 0.717) is 11.5 Å². The monoisotopic (exact) mass is 476 g/mol. The molecule has 1 amide bonds. The fraction of sp³-hybridized carbons (Fsp3) is 0.458. The van der Waals surface area contributed by atoms with E-state index in [4.69, 9.17) is 14.6 Å². The summed E-state index contributed by atoms with van der Waals surface area (Å²) >= 11 is 0. The Bertz CT molecular complexity index is 1020. The predicted molar refractivity (Wildman–Crippen MR) is 126 cm³/mol. The zero-order valence-electron chi connectivity index (χ0n) is 19.1. The Kier molecular flexibility index (Phi) is 9.11. The number of sulfonamides is 1. The van der Waals surface area contributed by atoms with Crippen molar-refractivity contribution in [1.82, 2.24) is 5.32 Å². The van der Waals surface area contributed by atoms with Gasteiger partial charge in [0.25, 0.3) is 5.91 Å². The Balaban J connectivity index is 1.43. The largest absolute Gasteiger partial charge is 0.493 e. The number of carbonyl (C=O) groups excluding carboxylic acids is 1. The van der Waals surface area contributed by atoms with Crippen molar-refractivity contribution in [3.05, 3.63) is 53.6 Å². The summed E-state index contributed by atoms with van der Waals surface area (Å²) in [5.41, 5.74) is 2.13. The predicted octanol–water partition coefficient (Wildman–Crippen LogP) is 1.48. The third kappa shape index (κ3) is 8.03. The molecule has 0 spiro atoms. The molecule has 1 aliphatic rings. The molecule has 0 aromatic heterocycles. The summed E-state index contributed by atoms with van der Waals surface area (Å²) < 4.78 is 33.8. The lowest BCUT2D eigenvalue weighted by Crippen LogP contribution is -2.83. The fourth-order valence-electron chi connectivity index (χ4n) is 4.00. The van der Waals surface area contributed by atoms with Crippen molar-refractivity contribution in [3.8, 4) is 11.5 Å². The first-order valence-corrected chi connectivity index (χ1v) is 12.9. The molecule has 3 rings (SSSR count). The molecule has 2 aromatic carbocycles. The number of rotatable bonds is 11. The molecule has 9 heteroatoms. The van der Waals surface area contributed by atoms with Gasteiger partial charge in [-0.3, -0.25) is 4.79 Å². The second-order valence-electron chi connectivity index (χ2n) is 8.40. The molecule has 0 heterocycles. The number of ether oxygens (including phenoxy) is 2. The minimum atomic E-state index is -3.66. The van der Waals surface area contributed by atoms with Crippen molar-refractivity contribution in [2.75, 3.05) is 20.3 Å². The Morgan fingerprint density at radius 1 is 1.06 bits per heavy atom. The number of benzene rings is 2. The molecule has 0 saturated heterocycles. The maximum absolute atomic E-state index is 12.2. The smallest absolute Gasteiger partial charge is 0.258 e. The van der Waals surface area contributed by atoms with Gasteiger partial charge in [0.05, 0.1) is 18.6 Å². The number of carbonyl (C=O) groups is 1. The van der Waals surface area contributed by atoms with Gasteiger partial charge in [-0.1, -0.05) is 31.4 Å². The number of hydrogen-bond acceptors (Lipinski definition) is 5. The van der Waals surface area contributed by atoms with E-state index in [-0.39, 0.29) is 23.5 Å². The highest BCUT2D eigenvalue weighted by atomic mass is 32.2. The van der Waals surface area contributed by atoms with Gasteiger partial charge in [-0.15, -0.1) is 0 Å².